The Hall–Kier alpha value is -4.13. The van der Waals surface area contributed by atoms with Gasteiger partial charge in [0.25, 0.3) is 0 Å². The summed E-state index contributed by atoms with van der Waals surface area (Å²) in [6.45, 7) is 12.2. The number of carbonyl (C=O) groups is 2. The van der Waals surface area contributed by atoms with Crippen molar-refractivity contribution < 1.29 is 28.6 Å². The minimum absolute atomic E-state index is 0.0447. The number of oxime groups is 1. The fraction of sp³-hybridized carbons (Fsp3) is 0.323. The Morgan fingerprint density at radius 2 is 1.50 bits per heavy atom. The second-order valence-electron chi connectivity index (χ2n) is 10.7. The molecule has 3 aromatic carbocycles. The highest BCUT2D eigenvalue weighted by molar-refractivity contribution is 5.96. The van der Waals surface area contributed by atoms with Gasteiger partial charge in [-0.05, 0) is 61.6 Å². The van der Waals surface area contributed by atoms with E-state index in [-0.39, 0.29) is 29.9 Å². The highest BCUT2D eigenvalue weighted by Crippen LogP contribution is 2.28. The molecule has 3 rings (SSSR count). The average Bonchev–Trinajstić information content (AvgIpc) is 2.85. The normalized spacial score (nSPS) is 11.7. The first-order valence-electron chi connectivity index (χ1n) is 12.5. The molecule has 0 bridgehead atoms. The minimum atomic E-state index is -0.709. The summed E-state index contributed by atoms with van der Waals surface area (Å²) < 4.78 is 16.8. The lowest BCUT2D eigenvalue weighted by Crippen LogP contribution is -2.24. The Balaban J connectivity index is 1.62. The number of rotatable bonds is 9. The molecule has 0 amide bonds. The van der Waals surface area contributed by atoms with Crippen molar-refractivity contribution in [1.29, 1.82) is 0 Å². The molecule has 0 N–H and O–H groups in total. The number of nitrogens with zero attached hydrogens (tertiary/aromatic N) is 1. The number of benzene rings is 3. The van der Waals surface area contributed by atoms with Crippen LogP contribution in [0.15, 0.2) is 78.0 Å². The van der Waals surface area contributed by atoms with Gasteiger partial charge in [-0.1, -0.05) is 68.4 Å². The lowest BCUT2D eigenvalue weighted by molar-refractivity contribution is 0.00667. The molecule has 0 saturated carbocycles. The van der Waals surface area contributed by atoms with E-state index in [0.29, 0.717) is 11.3 Å². The molecule has 0 fully saturated rings. The summed E-state index contributed by atoms with van der Waals surface area (Å²) in [7, 11) is 0. The molecule has 0 spiro atoms. The van der Waals surface area contributed by atoms with Gasteiger partial charge >= 0.3 is 11.9 Å². The molecule has 0 saturated heterocycles. The number of ether oxygens (including phenoxy) is 3. The van der Waals surface area contributed by atoms with Crippen molar-refractivity contribution in [3.8, 4) is 11.5 Å². The van der Waals surface area contributed by atoms with E-state index >= 15 is 0 Å². The van der Waals surface area contributed by atoms with Gasteiger partial charge in [0.05, 0.1) is 11.8 Å². The zero-order chi connectivity index (χ0) is 27.8. The molecule has 7 heteroatoms. The third kappa shape index (κ3) is 8.76. The maximum atomic E-state index is 12.7. The first kappa shape index (κ1) is 28.4. The van der Waals surface area contributed by atoms with E-state index in [2.05, 4.69) is 38.1 Å². The van der Waals surface area contributed by atoms with E-state index in [1.807, 2.05) is 12.1 Å². The average molecular weight is 518 g/mol. The lowest BCUT2D eigenvalue weighted by Gasteiger charge is -2.20. The molecule has 0 heterocycles. The van der Waals surface area contributed by atoms with E-state index in [1.165, 1.54) is 17.7 Å². The van der Waals surface area contributed by atoms with Crippen molar-refractivity contribution >= 4 is 18.2 Å². The summed E-state index contributed by atoms with van der Waals surface area (Å²) in [5.74, 6) is -0.754. The largest absolute Gasteiger partial charge is 0.490 e. The van der Waals surface area contributed by atoms with Crippen molar-refractivity contribution in [3.05, 3.63) is 95.1 Å². The Kier molecular flexibility index (Phi) is 9.29. The van der Waals surface area contributed by atoms with Gasteiger partial charge in [-0.3, -0.25) is 0 Å². The minimum Gasteiger partial charge on any atom is -0.490 e. The van der Waals surface area contributed by atoms with Crippen LogP contribution in [0.4, 0.5) is 0 Å². The van der Waals surface area contributed by atoms with Crippen molar-refractivity contribution in [1.82, 2.24) is 0 Å². The second kappa shape index (κ2) is 12.4. The van der Waals surface area contributed by atoms with Crippen LogP contribution in [0.3, 0.4) is 0 Å². The van der Waals surface area contributed by atoms with Gasteiger partial charge in [-0.25, -0.2) is 9.59 Å². The number of carbonyl (C=O) groups excluding carboxylic acids is 2. The molecule has 38 heavy (non-hydrogen) atoms. The Morgan fingerprint density at radius 1 is 0.816 bits per heavy atom. The van der Waals surface area contributed by atoms with E-state index in [9.17, 15) is 9.59 Å². The predicted molar refractivity (Wildman–Crippen MR) is 147 cm³/mol. The number of esters is 2. The van der Waals surface area contributed by atoms with Crippen LogP contribution in [0.2, 0.25) is 0 Å². The maximum absolute atomic E-state index is 12.7. The van der Waals surface area contributed by atoms with E-state index in [1.54, 1.807) is 63.4 Å². The summed E-state index contributed by atoms with van der Waals surface area (Å²) >= 11 is 0. The van der Waals surface area contributed by atoms with Gasteiger partial charge in [0, 0.05) is 6.07 Å². The Labute approximate surface area is 224 Å². The third-order valence-corrected chi connectivity index (χ3v) is 5.28. The fourth-order valence-corrected chi connectivity index (χ4v) is 3.33. The first-order chi connectivity index (χ1) is 17.9. The van der Waals surface area contributed by atoms with Crippen LogP contribution in [0.25, 0.3) is 0 Å². The maximum Gasteiger partial charge on any atom is 0.343 e. The molecule has 3 aromatic rings. The van der Waals surface area contributed by atoms with E-state index < -0.39 is 17.5 Å². The quantitative estimate of drug-likeness (QED) is 0.105. The standard InChI is InChI=1S/C31H35NO6/c1-30(2,3)24-14-12-22(13-15-24)21-32-36-19-18-35-25-16-17-26(29(34)38-31(4,5)6)27(20-25)37-28(33)23-10-8-7-9-11-23/h7-17,20-21H,18-19H2,1-6H3/b32-21+. The molecular formula is C31H35NO6. The van der Waals surface area contributed by atoms with Crippen molar-refractivity contribution in [2.24, 2.45) is 5.16 Å². The van der Waals surface area contributed by atoms with Crippen LogP contribution >= 0.6 is 0 Å². The van der Waals surface area contributed by atoms with Crippen LogP contribution in [0.5, 0.6) is 11.5 Å². The van der Waals surface area contributed by atoms with Crippen LogP contribution in [-0.2, 0) is 15.0 Å². The molecular weight excluding hydrogens is 482 g/mol. The van der Waals surface area contributed by atoms with Crippen molar-refractivity contribution in [2.45, 2.75) is 52.6 Å². The Bertz CT molecular complexity index is 1250. The summed E-state index contributed by atoms with van der Waals surface area (Å²) in [5, 5.41) is 3.99. The second-order valence-corrected chi connectivity index (χ2v) is 10.7. The van der Waals surface area contributed by atoms with Gasteiger partial charge in [0.2, 0.25) is 0 Å². The van der Waals surface area contributed by atoms with Crippen LogP contribution in [0.1, 0.15) is 73.4 Å². The molecule has 0 aliphatic rings. The van der Waals surface area contributed by atoms with Gasteiger partial charge in [-0.2, -0.15) is 0 Å². The van der Waals surface area contributed by atoms with Crippen LogP contribution < -0.4 is 9.47 Å². The number of hydrogen-bond donors (Lipinski definition) is 0. The predicted octanol–water partition coefficient (Wildman–Crippen LogP) is 6.59. The zero-order valence-electron chi connectivity index (χ0n) is 22.8. The molecule has 0 atom stereocenters. The Morgan fingerprint density at radius 3 is 2.13 bits per heavy atom. The van der Waals surface area contributed by atoms with E-state index in [0.717, 1.165) is 5.56 Å². The van der Waals surface area contributed by atoms with Gasteiger partial charge < -0.3 is 19.0 Å². The SMILES string of the molecule is CC(C)(C)OC(=O)c1ccc(OCCO/N=C/c2ccc(C(C)(C)C)cc2)cc1OC(=O)c1ccccc1. The van der Waals surface area contributed by atoms with Gasteiger partial charge in [0.1, 0.15) is 29.3 Å². The van der Waals surface area contributed by atoms with Crippen molar-refractivity contribution in [2.75, 3.05) is 13.2 Å². The molecule has 200 valence electrons. The van der Waals surface area contributed by atoms with Crippen molar-refractivity contribution in [3.63, 3.8) is 0 Å². The summed E-state index contributed by atoms with van der Waals surface area (Å²) in [6, 6.07) is 21.3. The summed E-state index contributed by atoms with van der Waals surface area (Å²) in [4.78, 5) is 30.7. The van der Waals surface area contributed by atoms with Crippen LogP contribution in [-0.4, -0.2) is 37.0 Å². The molecule has 0 aliphatic heterocycles. The summed E-state index contributed by atoms with van der Waals surface area (Å²) in [5.41, 5.74) is 2.04. The monoisotopic (exact) mass is 517 g/mol. The van der Waals surface area contributed by atoms with Gasteiger partial charge in [-0.15, -0.1) is 0 Å². The third-order valence-electron chi connectivity index (χ3n) is 5.28. The first-order valence-corrected chi connectivity index (χ1v) is 12.5. The zero-order valence-corrected chi connectivity index (χ0v) is 22.8. The smallest absolute Gasteiger partial charge is 0.343 e. The van der Waals surface area contributed by atoms with Crippen LogP contribution in [0, 0.1) is 0 Å². The summed E-state index contributed by atoms with van der Waals surface area (Å²) in [6.07, 6.45) is 1.64. The lowest BCUT2D eigenvalue weighted by atomic mass is 9.87. The topological polar surface area (TPSA) is 83.4 Å². The fourth-order valence-electron chi connectivity index (χ4n) is 3.33. The van der Waals surface area contributed by atoms with E-state index in [4.69, 9.17) is 19.0 Å². The highest BCUT2D eigenvalue weighted by atomic mass is 16.6. The molecule has 0 unspecified atom stereocenters. The molecule has 0 aliphatic carbocycles. The molecule has 0 aromatic heterocycles. The van der Waals surface area contributed by atoms with Gasteiger partial charge in [0.15, 0.2) is 6.61 Å². The number of hydrogen-bond acceptors (Lipinski definition) is 7. The molecule has 7 nitrogen and oxygen atoms in total. The molecule has 0 radical (unpaired) electrons. The highest BCUT2D eigenvalue weighted by Gasteiger charge is 2.23.